The Morgan fingerprint density at radius 2 is 0.688 bits per heavy atom. The van der Waals surface area contributed by atoms with Crippen LogP contribution in [-0.4, -0.2) is 9.13 Å². The highest BCUT2D eigenvalue weighted by atomic mass is 15.0. The largest absolute Gasteiger partial charge is 0.309 e. The van der Waals surface area contributed by atoms with Gasteiger partial charge >= 0.3 is 0 Å². The molecule has 2 nitrogen and oxygen atoms in total. The van der Waals surface area contributed by atoms with Gasteiger partial charge in [0.1, 0.15) is 0 Å². The van der Waals surface area contributed by atoms with E-state index < -0.39 is 0 Å². The molecule has 0 fully saturated rings. The third-order valence-corrected chi connectivity index (χ3v) is 10.4. The van der Waals surface area contributed by atoms with Gasteiger partial charge in [0.05, 0.1) is 22.1 Å². The lowest BCUT2D eigenvalue weighted by Crippen LogP contribution is -1.95. The van der Waals surface area contributed by atoms with E-state index >= 15 is 0 Å². The molecule has 2 aromatic heterocycles. The van der Waals surface area contributed by atoms with Gasteiger partial charge in [0, 0.05) is 32.9 Å². The highest BCUT2D eigenvalue weighted by Crippen LogP contribution is 2.43. The molecule has 0 aliphatic carbocycles. The zero-order chi connectivity index (χ0) is 31.3. The number of rotatable bonds is 2. The molecule has 0 saturated heterocycles. The van der Waals surface area contributed by atoms with Crippen molar-refractivity contribution < 1.29 is 0 Å². The Kier molecular flexibility index (Phi) is 5.14. The second-order valence-corrected chi connectivity index (χ2v) is 12.9. The lowest BCUT2D eigenvalue weighted by atomic mass is 9.97. The van der Waals surface area contributed by atoms with Gasteiger partial charge < -0.3 is 9.13 Å². The van der Waals surface area contributed by atoms with Gasteiger partial charge in [-0.15, -0.1) is 0 Å². The molecule has 0 saturated carbocycles. The average molecular weight is 609 g/mol. The SMILES string of the molecule is c1ccc2cc(-n3c4ccccc4c4c5c6ccccc6n(-c6ccc7c(ccc8c9ccccc9ccc78)c6)c5ccc43)ccc2c1. The van der Waals surface area contributed by atoms with Crippen molar-refractivity contribution in [1.82, 2.24) is 9.13 Å². The van der Waals surface area contributed by atoms with Crippen LogP contribution in [0.5, 0.6) is 0 Å². The predicted molar refractivity (Wildman–Crippen MR) is 205 cm³/mol. The van der Waals surface area contributed by atoms with E-state index in [0.717, 1.165) is 0 Å². The van der Waals surface area contributed by atoms with Crippen LogP contribution >= 0.6 is 0 Å². The molecule has 0 spiro atoms. The Morgan fingerprint density at radius 3 is 1.35 bits per heavy atom. The Balaban J connectivity index is 1.20. The van der Waals surface area contributed by atoms with Crippen molar-refractivity contribution in [3.05, 3.63) is 170 Å². The lowest BCUT2D eigenvalue weighted by Gasteiger charge is -2.12. The molecular weight excluding hydrogens is 581 g/mol. The highest BCUT2D eigenvalue weighted by Gasteiger charge is 2.20. The fourth-order valence-electron chi connectivity index (χ4n) is 8.35. The maximum Gasteiger partial charge on any atom is 0.0548 e. The number of nitrogens with zero attached hydrogens (tertiary/aromatic N) is 2. The summed E-state index contributed by atoms with van der Waals surface area (Å²) in [7, 11) is 0. The fraction of sp³-hybridized carbons (Fsp3) is 0. The van der Waals surface area contributed by atoms with E-state index in [0.29, 0.717) is 0 Å². The van der Waals surface area contributed by atoms with E-state index in [-0.39, 0.29) is 0 Å². The van der Waals surface area contributed by atoms with E-state index in [1.807, 2.05) is 0 Å². The first-order valence-corrected chi connectivity index (χ1v) is 16.6. The molecule has 0 radical (unpaired) electrons. The molecule has 11 aromatic rings. The minimum atomic E-state index is 1.17. The van der Waals surface area contributed by atoms with Crippen LogP contribution in [0.15, 0.2) is 170 Å². The summed E-state index contributed by atoms with van der Waals surface area (Å²) in [5.74, 6) is 0. The molecule has 2 heteroatoms. The van der Waals surface area contributed by atoms with E-state index in [1.165, 1.54) is 98.1 Å². The Labute approximate surface area is 276 Å². The minimum absolute atomic E-state index is 1.17. The number of benzene rings is 9. The number of hydrogen-bond donors (Lipinski definition) is 0. The van der Waals surface area contributed by atoms with Gasteiger partial charge in [0.2, 0.25) is 0 Å². The molecule has 0 unspecified atom stereocenters. The number of fused-ring (bicyclic) bond motifs is 13. The van der Waals surface area contributed by atoms with Crippen molar-refractivity contribution in [2.45, 2.75) is 0 Å². The summed E-state index contributed by atoms with van der Waals surface area (Å²) in [6, 6.07) is 62.5. The zero-order valence-corrected chi connectivity index (χ0v) is 26.1. The van der Waals surface area contributed by atoms with Crippen LogP contribution in [0.4, 0.5) is 0 Å². The van der Waals surface area contributed by atoms with Crippen molar-refractivity contribution in [2.24, 2.45) is 0 Å². The first-order chi connectivity index (χ1) is 23.8. The smallest absolute Gasteiger partial charge is 0.0548 e. The van der Waals surface area contributed by atoms with Crippen LogP contribution in [0, 0.1) is 0 Å². The summed E-state index contributed by atoms with van der Waals surface area (Å²) >= 11 is 0. The standard InChI is InChI=1S/C46H28N2/c1-2-11-31-27-33(20-17-29(31)9-1)47-41-15-7-5-13-39(41)45-43(47)25-26-44-46(45)40-14-6-8-16-42(40)48(44)34-21-24-36-32(28-34)19-23-37-35-12-4-3-10-30(35)18-22-38(36)37/h1-28H. The van der Waals surface area contributed by atoms with Gasteiger partial charge in [-0.2, -0.15) is 0 Å². The topological polar surface area (TPSA) is 9.86 Å². The summed E-state index contributed by atoms with van der Waals surface area (Å²) < 4.78 is 4.89. The summed E-state index contributed by atoms with van der Waals surface area (Å²) in [4.78, 5) is 0. The summed E-state index contributed by atoms with van der Waals surface area (Å²) in [6.07, 6.45) is 0. The Morgan fingerprint density at radius 1 is 0.250 bits per heavy atom. The first-order valence-electron chi connectivity index (χ1n) is 16.6. The van der Waals surface area contributed by atoms with Crippen molar-refractivity contribution in [1.29, 1.82) is 0 Å². The number of hydrogen-bond acceptors (Lipinski definition) is 0. The average Bonchev–Trinajstić information content (AvgIpc) is 3.67. The van der Waals surface area contributed by atoms with Crippen LogP contribution in [0.1, 0.15) is 0 Å². The maximum atomic E-state index is 2.45. The normalized spacial score (nSPS) is 12.2. The molecule has 0 atom stereocenters. The van der Waals surface area contributed by atoms with Crippen LogP contribution in [0.3, 0.4) is 0 Å². The molecule has 0 aliphatic rings. The van der Waals surface area contributed by atoms with Gasteiger partial charge in [-0.3, -0.25) is 0 Å². The molecule has 0 bridgehead atoms. The maximum absolute atomic E-state index is 2.45. The lowest BCUT2D eigenvalue weighted by molar-refractivity contribution is 1.18. The fourth-order valence-corrected chi connectivity index (χ4v) is 8.35. The molecule has 9 aromatic carbocycles. The zero-order valence-electron chi connectivity index (χ0n) is 26.1. The van der Waals surface area contributed by atoms with Gasteiger partial charge in [-0.05, 0) is 91.6 Å². The molecular formula is C46H28N2. The number of aromatic nitrogens is 2. The second kappa shape index (κ2) is 9.57. The van der Waals surface area contributed by atoms with Crippen LogP contribution in [0.2, 0.25) is 0 Å². The van der Waals surface area contributed by atoms with Gasteiger partial charge in [0.15, 0.2) is 0 Å². The van der Waals surface area contributed by atoms with Gasteiger partial charge in [0.25, 0.3) is 0 Å². The Hall–Kier alpha value is -6.38. The summed E-state index contributed by atoms with van der Waals surface area (Å²) in [5.41, 5.74) is 7.23. The van der Waals surface area contributed by atoms with Crippen LogP contribution < -0.4 is 0 Å². The van der Waals surface area contributed by atoms with E-state index in [1.54, 1.807) is 0 Å². The van der Waals surface area contributed by atoms with Crippen LogP contribution in [-0.2, 0) is 0 Å². The van der Waals surface area contributed by atoms with Crippen molar-refractivity contribution in [2.75, 3.05) is 0 Å². The molecule has 0 aliphatic heterocycles. The van der Waals surface area contributed by atoms with Crippen molar-refractivity contribution in [3.8, 4) is 11.4 Å². The monoisotopic (exact) mass is 608 g/mol. The van der Waals surface area contributed by atoms with E-state index in [9.17, 15) is 0 Å². The molecule has 0 N–H and O–H groups in total. The third kappa shape index (κ3) is 3.46. The van der Waals surface area contributed by atoms with Crippen LogP contribution in [0.25, 0.3) is 98.1 Å². The predicted octanol–water partition coefficient (Wildman–Crippen LogP) is 12.5. The molecule has 2 heterocycles. The molecule has 0 amide bonds. The van der Waals surface area contributed by atoms with E-state index in [4.69, 9.17) is 0 Å². The van der Waals surface area contributed by atoms with Crippen molar-refractivity contribution >= 4 is 86.7 Å². The molecule has 222 valence electrons. The minimum Gasteiger partial charge on any atom is -0.309 e. The van der Waals surface area contributed by atoms with E-state index in [2.05, 4.69) is 179 Å². The second-order valence-electron chi connectivity index (χ2n) is 12.9. The number of para-hydroxylation sites is 2. The first kappa shape index (κ1) is 25.8. The van der Waals surface area contributed by atoms with Gasteiger partial charge in [-0.1, -0.05) is 121 Å². The van der Waals surface area contributed by atoms with Crippen molar-refractivity contribution in [3.63, 3.8) is 0 Å². The molecule has 48 heavy (non-hydrogen) atoms. The Bertz CT molecular complexity index is 3120. The third-order valence-electron chi connectivity index (χ3n) is 10.4. The quantitative estimate of drug-likeness (QED) is 0.173. The highest BCUT2D eigenvalue weighted by molar-refractivity contribution is 6.29. The van der Waals surface area contributed by atoms with Gasteiger partial charge in [-0.25, -0.2) is 0 Å². The molecule has 11 rings (SSSR count). The summed E-state index contributed by atoms with van der Waals surface area (Å²) in [5, 5.41) is 15.3. The summed E-state index contributed by atoms with van der Waals surface area (Å²) in [6.45, 7) is 0.